The van der Waals surface area contributed by atoms with Gasteiger partial charge in [0.15, 0.2) is 0 Å². The molecule has 1 aromatic rings. The van der Waals surface area contributed by atoms with Crippen LogP contribution in [0.2, 0.25) is 0 Å². The van der Waals surface area contributed by atoms with Crippen LogP contribution in [0.1, 0.15) is 69.9 Å². The maximum absolute atomic E-state index is 13.0. The summed E-state index contributed by atoms with van der Waals surface area (Å²) in [5.74, 6) is 0. The molecule has 0 spiro atoms. The van der Waals surface area contributed by atoms with Gasteiger partial charge >= 0.3 is 6.18 Å². The summed E-state index contributed by atoms with van der Waals surface area (Å²) in [6, 6.07) is 5.70. The van der Waals surface area contributed by atoms with E-state index in [1.165, 1.54) is 43.4 Å². The second-order valence-electron chi connectivity index (χ2n) is 9.04. The molecule has 2 aliphatic rings. The lowest BCUT2D eigenvalue weighted by atomic mass is 9.77. The fourth-order valence-corrected chi connectivity index (χ4v) is 4.32. The number of hydrogen-bond acceptors (Lipinski definition) is 1. The van der Waals surface area contributed by atoms with Gasteiger partial charge in [0.05, 0.1) is 5.56 Å². The van der Waals surface area contributed by atoms with Crippen LogP contribution in [-0.4, -0.2) is 24.5 Å². The van der Waals surface area contributed by atoms with E-state index in [4.69, 9.17) is 0 Å². The Bertz CT molecular complexity index is 803. The highest BCUT2D eigenvalue weighted by atomic mass is 19.4. The Morgan fingerprint density at radius 2 is 1.97 bits per heavy atom. The van der Waals surface area contributed by atoms with Crippen LogP contribution in [0.15, 0.2) is 54.1 Å². The van der Waals surface area contributed by atoms with Crippen molar-refractivity contribution in [1.29, 1.82) is 0 Å². The van der Waals surface area contributed by atoms with Crippen LogP contribution in [-0.2, 0) is 6.18 Å². The zero-order valence-corrected chi connectivity index (χ0v) is 18.3. The van der Waals surface area contributed by atoms with Crippen molar-refractivity contribution in [2.45, 2.75) is 65.0 Å². The SMILES string of the molecule is CCCCCC1(C)C=CC(CCN2CC=C(c3cccc(C(F)(F)F)c3)CC2)=CC1. The highest BCUT2D eigenvalue weighted by Crippen LogP contribution is 2.36. The van der Waals surface area contributed by atoms with Crippen LogP contribution in [0.3, 0.4) is 0 Å². The van der Waals surface area contributed by atoms with E-state index in [0.717, 1.165) is 50.5 Å². The quantitative estimate of drug-likeness (QED) is 0.393. The van der Waals surface area contributed by atoms with Crippen LogP contribution in [0, 0.1) is 5.41 Å². The van der Waals surface area contributed by atoms with Gasteiger partial charge in [-0.2, -0.15) is 13.2 Å². The zero-order chi connectivity index (χ0) is 21.6. The van der Waals surface area contributed by atoms with Crippen LogP contribution in [0.5, 0.6) is 0 Å². The molecule has 1 aromatic carbocycles. The molecule has 30 heavy (non-hydrogen) atoms. The maximum atomic E-state index is 13.0. The normalized spacial score (nSPS) is 22.7. The molecule has 0 fully saturated rings. The summed E-state index contributed by atoms with van der Waals surface area (Å²) >= 11 is 0. The van der Waals surface area contributed by atoms with E-state index in [1.54, 1.807) is 6.07 Å². The molecule has 1 heterocycles. The topological polar surface area (TPSA) is 3.24 Å². The summed E-state index contributed by atoms with van der Waals surface area (Å²) in [5.41, 5.74) is 2.88. The fourth-order valence-electron chi connectivity index (χ4n) is 4.32. The highest BCUT2D eigenvalue weighted by molar-refractivity contribution is 5.67. The van der Waals surface area contributed by atoms with Gasteiger partial charge in [-0.25, -0.2) is 0 Å². The Hall–Kier alpha value is -1.81. The lowest BCUT2D eigenvalue weighted by Crippen LogP contribution is -2.29. The second kappa shape index (κ2) is 10.00. The van der Waals surface area contributed by atoms with Crippen LogP contribution >= 0.6 is 0 Å². The molecule has 1 unspecified atom stereocenters. The molecule has 0 bridgehead atoms. The van der Waals surface area contributed by atoms with Crippen LogP contribution in [0.4, 0.5) is 13.2 Å². The number of allylic oxidation sites excluding steroid dienone is 3. The van der Waals surface area contributed by atoms with Crippen molar-refractivity contribution < 1.29 is 13.2 Å². The minimum Gasteiger partial charge on any atom is -0.299 e. The van der Waals surface area contributed by atoms with E-state index in [-0.39, 0.29) is 0 Å². The lowest BCUT2D eigenvalue weighted by Gasteiger charge is -2.30. The molecule has 1 atom stereocenters. The number of halogens is 3. The maximum Gasteiger partial charge on any atom is 0.416 e. The molecule has 0 saturated carbocycles. The van der Waals surface area contributed by atoms with Crippen molar-refractivity contribution in [3.63, 3.8) is 0 Å². The number of benzene rings is 1. The zero-order valence-electron chi connectivity index (χ0n) is 18.3. The van der Waals surface area contributed by atoms with Crippen molar-refractivity contribution in [3.05, 3.63) is 65.3 Å². The third kappa shape index (κ3) is 6.34. The fraction of sp³-hybridized carbons (Fsp3) is 0.538. The molecule has 1 nitrogen and oxygen atoms in total. The molecule has 164 valence electrons. The molecule has 1 aliphatic heterocycles. The standard InChI is InChI=1S/C26H34F3N/c1-3-4-5-14-25(2)15-9-21(10-16-25)11-17-30-18-12-22(13-19-30)23-7-6-8-24(20-23)26(27,28)29/h6-10,12,15,20H,3-5,11,13-14,16-19H2,1-2H3. The van der Waals surface area contributed by atoms with Gasteiger partial charge in [-0.3, -0.25) is 4.90 Å². The summed E-state index contributed by atoms with van der Waals surface area (Å²) in [6.45, 7) is 7.30. The first-order chi connectivity index (χ1) is 14.3. The van der Waals surface area contributed by atoms with Gasteiger partial charge in [-0.1, -0.05) is 75.1 Å². The molecule has 1 aliphatic carbocycles. The largest absolute Gasteiger partial charge is 0.416 e. The molecule has 3 rings (SSSR count). The monoisotopic (exact) mass is 417 g/mol. The van der Waals surface area contributed by atoms with E-state index in [1.807, 2.05) is 0 Å². The van der Waals surface area contributed by atoms with Gasteiger partial charge in [0, 0.05) is 19.6 Å². The van der Waals surface area contributed by atoms with Crippen LogP contribution in [0.25, 0.3) is 5.57 Å². The third-order valence-corrected chi connectivity index (χ3v) is 6.45. The van der Waals surface area contributed by atoms with E-state index in [2.05, 4.69) is 43.1 Å². The lowest BCUT2D eigenvalue weighted by molar-refractivity contribution is -0.137. The van der Waals surface area contributed by atoms with Gasteiger partial charge in [-0.15, -0.1) is 0 Å². The molecule has 0 aromatic heterocycles. The molecular weight excluding hydrogens is 383 g/mol. The van der Waals surface area contributed by atoms with Gasteiger partial charge in [-0.05, 0) is 54.4 Å². The Morgan fingerprint density at radius 1 is 1.13 bits per heavy atom. The number of hydrogen-bond donors (Lipinski definition) is 0. The van der Waals surface area contributed by atoms with Gasteiger partial charge in [0.2, 0.25) is 0 Å². The summed E-state index contributed by atoms with van der Waals surface area (Å²) in [7, 11) is 0. The Kier molecular flexibility index (Phi) is 7.62. The minimum absolute atomic E-state index is 0.312. The molecule has 0 saturated heterocycles. The van der Waals surface area contributed by atoms with Gasteiger partial charge < -0.3 is 0 Å². The van der Waals surface area contributed by atoms with Crippen molar-refractivity contribution in [2.75, 3.05) is 19.6 Å². The molecule has 0 amide bonds. The Morgan fingerprint density at radius 3 is 2.60 bits per heavy atom. The summed E-state index contributed by atoms with van der Waals surface area (Å²) in [4.78, 5) is 2.39. The van der Waals surface area contributed by atoms with Crippen molar-refractivity contribution in [3.8, 4) is 0 Å². The smallest absolute Gasteiger partial charge is 0.299 e. The predicted molar refractivity (Wildman–Crippen MR) is 119 cm³/mol. The average Bonchev–Trinajstić information content (AvgIpc) is 2.73. The highest BCUT2D eigenvalue weighted by Gasteiger charge is 2.30. The first kappa shape index (κ1) is 22.9. The summed E-state index contributed by atoms with van der Waals surface area (Å²) in [5, 5.41) is 0. The number of nitrogens with zero attached hydrogens (tertiary/aromatic N) is 1. The Labute approximate surface area is 179 Å². The third-order valence-electron chi connectivity index (χ3n) is 6.45. The van der Waals surface area contributed by atoms with E-state index in [0.29, 0.717) is 11.0 Å². The minimum atomic E-state index is -4.29. The van der Waals surface area contributed by atoms with Gasteiger partial charge in [0.1, 0.15) is 0 Å². The average molecular weight is 418 g/mol. The number of rotatable bonds is 8. The summed E-state index contributed by atoms with van der Waals surface area (Å²) < 4.78 is 38.9. The van der Waals surface area contributed by atoms with Crippen molar-refractivity contribution in [2.24, 2.45) is 5.41 Å². The number of unbranched alkanes of at least 4 members (excludes halogenated alkanes) is 2. The second-order valence-corrected chi connectivity index (χ2v) is 9.04. The van der Waals surface area contributed by atoms with Crippen LogP contribution < -0.4 is 0 Å². The van der Waals surface area contributed by atoms with Crippen molar-refractivity contribution in [1.82, 2.24) is 4.90 Å². The van der Waals surface area contributed by atoms with Gasteiger partial charge in [0.25, 0.3) is 0 Å². The summed E-state index contributed by atoms with van der Waals surface area (Å²) in [6.07, 6.45) is 13.0. The van der Waals surface area contributed by atoms with E-state index >= 15 is 0 Å². The van der Waals surface area contributed by atoms with Crippen molar-refractivity contribution >= 4 is 5.57 Å². The molecule has 0 N–H and O–H groups in total. The Balaban J connectivity index is 1.48. The van der Waals surface area contributed by atoms with E-state index < -0.39 is 11.7 Å². The first-order valence-electron chi connectivity index (χ1n) is 11.3. The molecule has 0 radical (unpaired) electrons. The molecular formula is C26H34F3N. The molecule has 4 heteroatoms. The number of alkyl halides is 3. The predicted octanol–water partition coefficient (Wildman–Crippen LogP) is 7.66. The first-order valence-corrected chi connectivity index (χ1v) is 11.3. The van der Waals surface area contributed by atoms with E-state index in [9.17, 15) is 13.2 Å².